The fraction of sp³-hybridized carbons (Fsp3) is 1.00. The SMILES string of the molecule is CCCCCCCCCCCCNCC(O)C(O)C(O)C(O)CNCCCCCCCCCCCC. The summed E-state index contributed by atoms with van der Waals surface area (Å²) in [6, 6.07) is 0. The van der Waals surface area contributed by atoms with E-state index < -0.39 is 24.4 Å². The summed E-state index contributed by atoms with van der Waals surface area (Å²) in [5.74, 6) is 0. The van der Waals surface area contributed by atoms with Crippen LogP contribution in [0.4, 0.5) is 0 Å². The highest BCUT2D eigenvalue weighted by atomic mass is 16.4. The zero-order valence-electron chi connectivity index (χ0n) is 24.1. The molecule has 0 aromatic carbocycles. The second kappa shape index (κ2) is 27.8. The average molecular weight is 517 g/mol. The van der Waals surface area contributed by atoms with Gasteiger partial charge in [0.1, 0.15) is 12.2 Å². The smallest absolute Gasteiger partial charge is 0.110 e. The molecule has 0 spiro atoms. The topological polar surface area (TPSA) is 105 Å². The first-order valence-electron chi connectivity index (χ1n) is 15.7. The van der Waals surface area contributed by atoms with Gasteiger partial charge in [0, 0.05) is 13.1 Å². The average Bonchev–Trinajstić information content (AvgIpc) is 2.88. The molecule has 0 bridgehead atoms. The van der Waals surface area contributed by atoms with Crippen molar-refractivity contribution in [3.8, 4) is 0 Å². The van der Waals surface area contributed by atoms with Crippen molar-refractivity contribution < 1.29 is 20.4 Å². The van der Waals surface area contributed by atoms with Crippen molar-refractivity contribution >= 4 is 0 Å². The summed E-state index contributed by atoms with van der Waals surface area (Å²) in [7, 11) is 0. The number of aliphatic hydroxyl groups excluding tert-OH is 4. The summed E-state index contributed by atoms with van der Waals surface area (Å²) in [4.78, 5) is 0. The molecule has 0 fully saturated rings. The Bertz CT molecular complexity index is 390. The van der Waals surface area contributed by atoms with Gasteiger partial charge >= 0.3 is 0 Å². The van der Waals surface area contributed by atoms with Crippen LogP contribution in [0.2, 0.25) is 0 Å². The molecular formula is C30H64N2O4. The van der Waals surface area contributed by atoms with Crippen LogP contribution in [0.25, 0.3) is 0 Å². The molecule has 6 nitrogen and oxygen atoms in total. The maximum Gasteiger partial charge on any atom is 0.110 e. The van der Waals surface area contributed by atoms with Crippen molar-refractivity contribution in [2.24, 2.45) is 0 Å². The molecule has 0 saturated carbocycles. The Morgan fingerprint density at radius 2 is 0.639 bits per heavy atom. The highest BCUT2D eigenvalue weighted by Gasteiger charge is 2.29. The summed E-state index contributed by atoms with van der Waals surface area (Å²) in [6.07, 6.45) is 20.8. The van der Waals surface area contributed by atoms with Crippen molar-refractivity contribution in [3.63, 3.8) is 0 Å². The summed E-state index contributed by atoms with van der Waals surface area (Å²) >= 11 is 0. The normalized spacial score (nSPS) is 15.2. The van der Waals surface area contributed by atoms with Gasteiger partial charge in [-0.2, -0.15) is 0 Å². The van der Waals surface area contributed by atoms with E-state index in [1.54, 1.807) is 0 Å². The van der Waals surface area contributed by atoms with E-state index in [1.807, 2.05) is 0 Å². The third-order valence-corrected chi connectivity index (χ3v) is 7.26. The van der Waals surface area contributed by atoms with Crippen LogP contribution in [0.1, 0.15) is 142 Å². The minimum absolute atomic E-state index is 0.217. The van der Waals surface area contributed by atoms with Crippen molar-refractivity contribution in [3.05, 3.63) is 0 Å². The third-order valence-electron chi connectivity index (χ3n) is 7.26. The van der Waals surface area contributed by atoms with E-state index in [0.717, 1.165) is 25.9 Å². The fourth-order valence-electron chi connectivity index (χ4n) is 4.67. The molecule has 0 saturated heterocycles. The molecule has 36 heavy (non-hydrogen) atoms. The summed E-state index contributed by atoms with van der Waals surface area (Å²) < 4.78 is 0. The number of rotatable bonds is 29. The first kappa shape index (κ1) is 35.8. The lowest BCUT2D eigenvalue weighted by atomic mass is 10.0. The van der Waals surface area contributed by atoms with Crippen LogP contribution in [0.5, 0.6) is 0 Å². The molecule has 0 radical (unpaired) electrons. The van der Waals surface area contributed by atoms with Crippen LogP contribution in [0.15, 0.2) is 0 Å². The molecule has 0 amide bonds. The molecule has 0 aromatic rings. The summed E-state index contributed by atoms with van der Waals surface area (Å²) in [6.45, 7) is 6.51. The molecule has 0 aliphatic carbocycles. The van der Waals surface area contributed by atoms with E-state index in [-0.39, 0.29) is 13.1 Å². The number of nitrogens with one attached hydrogen (secondary N) is 2. The van der Waals surface area contributed by atoms with Gasteiger partial charge in [0.2, 0.25) is 0 Å². The summed E-state index contributed by atoms with van der Waals surface area (Å²) in [5.41, 5.74) is 0. The van der Waals surface area contributed by atoms with Crippen molar-refractivity contribution in [1.82, 2.24) is 10.6 Å². The predicted molar refractivity (Wildman–Crippen MR) is 153 cm³/mol. The third kappa shape index (κ3) is 22.9. The number of hydrogen-bond donors (Lipinski definition) is 6. The van der Waals surface area contributed by atoms with Crippen LogP contribution >= 0.6 is 0 Å². The molecule has 6 heteroatoms. The maximum atomic E-state index is 10.2. The predicted octanol–water partition coefficient (Wildman–Crippen LogP) is 5.45. The Labute approximate surface area is 224 Å². The van der Waals surface area contributed by atoms with E-state index in [9.17, 15) is 20.4 Å². The van der Waals surface area contributed by atoms with E-state index in [0.29, 0.717) is 0 Å². The molecule has 0 aliphatic heterocycles. The number of aliphatic hydroxyl groups is 4. The lowest BCUT2D eigenvalue weighted by Crippen LogP contribution is -2.50. The van der Waals surface area contributed by atoms with E-state index in [4.69, 9.17) is 0 Å². The van der Waals surface area contributed by atoms with Gasteiger partial charge in [0.05, 0.1) is 12.2 Å². The van der Waals surface area contributed by atoms with E-state index in [1.165, 1.54) is 116 Å². The number of hydrogen-bond acceptors (Lipinski definition) is 6. The zero-order chi connectivity index (χ0) is 26.7. The van der Waals surface area contributed by atoms with Crippen LogP contribution in [0, 0.1) is 0 Å². The van der Waals surface area contributed by atoms with Crippen LogP contribution in [0.3, 0.4) is 0 Å². The second-order valence-electron chi connectivity index (χ2n) is 10.9. The van der Waals surface area contributed by atoms with Gasteiger partial charge < -0.3 is 31.1 Å². The molecular weight excluding hydrogens is 452 g/mol. The maximum absolute atomic E-state index is 10.2. The van der Waals surface area contributed by atoms with Gasteiger partial charge in [-0.1, -0.05) is 129 Å². The van der Waals surface area contributed by atoms with Crippen LogP contribution < -0.4 is 10.6 Å². The lowest BCUT2D eigenvalue weighted by Gasteiger charge is -2.27. The minimum atomic E-state index is -1.36. The lowest BCUT2D eigenvalue weighted by molar-refractivity contribution is -0.102. The molecule has 0 rings (SSSR count). The Balaban J connectivity index is 3.58. The first-order valence-corrected chi connectivity index (χ1v) is 15.7. The second-order valence-corrected chi connectivity index (χ2v) is 10.9. The quantitative estimate of drug-likeness (QED) is 0.0739. The Kier molecular flexibility index (Phi) is 27.6. The molecule has 6 N–H and O–H groups in total. The zero-order valence-corrected chi connectivity index (χ0v) is 24.1. The largest absolute Gasteiger partial charge is 0.389 e. The van der Waals surface area contributed by atoms with E-state index in [2.05, 4.69) is 24.5 Å². The molecule has 0 aliphatic rings. The molecule has 0 aromatic heterocycles. The fourth-order valence-corrected chi connectivity index (χ4v) is 4.67. The van der Waals surface area contributed by atoms with Crippen molar-refractivity contribution in [1.29, 1.82) is 0 Å². The van der Waals surface area contributed by atoms with E-state index >= 15 is 0 Å². The highest BCUT2D eigenvalue weighted by molar-refractivity contribution is 4.83. The Morgan fingerprint density at radius 1 is 0.389 bits per heavy atom. The molecule has 4 unspecified atom stereocenters. The standard InChI is InChI=1S/C30H64N2O4/c1-3-5-7-9-11-13-15-17-19-21-23-31-25-27(33)29(35)30(36)28(34)26-32-24-22-20-18-16-14-12-10-8-6-4-2/h27-36H,3-26H2,1-2H3. The molecule has 218 valence electrons. The Morgan fingerprint density at radius 3 is 0.917 bits per heavy atom. The Hall–Kier alpha value is -0.240. The first-order chi connectivity index (χ1) is 17.5. The van der Waals surface area contributed by atoms with Gasteiger partial charge in [-0.3, -0.25) is 0 Å². The van der Waals surface area contributed by atoms with Crippen molar-refractivity contribution in [2.45, 2.75) is 167 Å². The van der Waals surface area contributed by atoms with Gasteiger partial charge in [0.25, 0.3) is 0 Å². The number of unbranched alkanes of at least 4 members (excludes halogenated alkanes) is 18. The summed E-state index contributed by atoms with van der Waals surface area (Å²) in [5, 5.41) is 47.0. The van der Waals surface area contributed by atoms with Crippen LogP contribution in [-0.2, 0) is 0 Å². The monoisotopic (exact) mass is 516 g/mol. The van der Waals surface area contributed by atoms with Gasteiger partial charge in [-0.05, 0) is 25.9 Å². The van der Waals surface area contributed by atoms with Gasteiger partial charge in [-0.25, -0.2) is 0 Å². The van der Waals surface area contributed by atoms with Gasteiger partial charge in [-0.15, -0.1) is 0 Å². The minimum Gasteiger partial charge on any atom is -0.389 e. The molecule has 0 heterocycles. The molecule has 4 atom stereocenters. The van der Waals surface area contributed by atoms with Crippen LogP contribution in [-0.4, -0.2) is 71.0 Å². The highest BCUT2D eigenvalue weighted by Crippen LogP contribution is 2.11. The van der Waals surface area contributed by atoms with Gasteiger partial charge in [0.15, 0.2) is 0 Å². The van der Waals surface area contributed by atoms with Crippen molar-refractivity contribution in [2.75, 3.05) is 26.2 Å².